The van der Waals surface area contributed by atoms with E-state index in [2.05, 4.69) is 5.32 Å². The van der Waals surface area contributed by atoms with Crippen LogP contribution in [0.25, 0.3) is 0 Å². The van der Waals surface area contributed by atoms with Gasteiger partial charge in [0, 0.05) is 5.57 Å². The van der Waals surface area contributed by atoms with Crippen LogP contribution in [0.2, 0.25) is 5.02 Å². The van der Waals surface area contributed by atoms with Crippen LogP contribution in [0.15, 0.2) is 29.8 Å². The van der Waals surface area contributed by atoms with Crippen molar-refractivity contribution in [2.24, 2.45) is 0 Å². The Morgan fingerprint density at radius 1 is 1.50 bits per heavy atom. The van der Waals surface area contributed by atoms with Crippen molar-refractivity contribution < 1.29 is 19.1 Å². The topological polar surface area (TPSA) is 66.4 Å². The third-order valence-corrected chi connectivity index (χ3v) is 3.13. The molecule has 0 aliphatic heterocycles. The van der Waals surface area contributed by atoms with Gasteiger partial charge >= 0.3 is 5.97 Å². The van der Waals surface area contributed by atoms with E-state index >= 15 is 0 Å². The molecule has 2 N–H and O–H groups in total. The first-order chi connectivity index (χ1) is 9.35. The second kappa shape index (κ2) is 7.05. The fraction of sp³-hybridized carbons (Fsp3) is 0.286. The lowest BCUT2D eigenvalue weighted by atomic mass is 10.0. The zero-order valence-corrected chi connectivity index (χ0v) is 11.9. The van der Waals surface area contributed by atoms with Crippen LogP contribution in [-0.2, 0) is 9.59 Å². The van der Waals surface area contributed by atoms with Gasteiger partial charge in [-0.25, -0.2) is 4.39 Å². The van der Waals surface area contributed by atoms with E-state index in [1.807, 2.05) is 0 Å². The van der Waals surface area contributed by atoms with E-state index in [1.54, 1.807) is 19.9 Å². The van der Waals surface area contributed by atoms with Crippen molar-refractivity contribution in [1.29, 1.82) is 0 Å². The number of rotatable bonds is 5. The number of hydrogen-bond acceptors (Lipinski definition) is 2. The average Bonchev–Trinajstić information content (AvgIpc) is 2.39. The van der Waals surface area contributed by atoms with Gasteiger partial charge in [0.2, 0.25) is 5.91 Å². The summed E-state index contributed by atoms with van der Waals surface area (Å²) in [4.78, 5) is 22.7. The highest BCUT2D eigenvalue weighted by molar-refractivity contribution is 6.30. The Hall–Kier alpha value is -1.88. The third-order valence-electron chi connectivity index (χ3n) is 2.82. The smallest absolute Gasteiger partial charge is 0.305 e. The van der Waals surface area contributed by atoms with E-state index in [0.717, 1.165) is 6.07 Å². The molecule has 1 aromatic rings. The molecular formula is C14H15ClFNO3. The van der Waals surface area contributed by atoms with Crippen LogP contribution in [0.5, 0.6) is 0 Å². The minimum absolute atomic E-state index is 0.0567. The first-order valence-corrected chi connectivity index (χ1v) is 6.33. The van der Waals surface area contributed by atoms with Crippen LogP contribution in [0, 0.1) is 5.82 Å². The van der Waals surface area contributed by atoms with Gasteiger partial charge in [-0.2, -0.15) is 0 Å². The van der Waals surface area contributed by atoms with Crippen molar-refractivity contribution in [3.05, 3.63) is 46.3 Å². The number of carbonyl (C=O) groups is 2. The van der Waals surface area contributed by atoms with Gasteiger partial charge in [0.25, 0.3) is 0 Å². The van der Waals surface area contributed by atoms with Crippen LogP contribution >= 0.6 is 11.6 Å². The molecule has 1 rings (SSSR count). The Balaban J connectivity index is 3.02. The molecule has 20 heavy (non-hydrogen) atoms. The van der Waals surface area contributed by atoms with Crippen molar-refractivity contribution in [3.63, 3.8) is 0 Å². The zero-order chi connectivity index (χ0) is 15.3. The molecule has 0 fully saturated rings. The normalized spacial score (nSPS) is 12.9. The van der Waals surface area contributed by atoms with Crippen molar-refractivity contribution in [3.8, 4) is 0 Å². The maximum absolute atomic E-state index is 13.4. The van der Waals surface area contributed by atoms with Gasteiger partial charge in [0.1, 0.15) is 5.82 Å². The summed E-state index contributed by atoms with van der Waals surface area (Å²) in [6, 6.07) is 3.13. The summed E-state index contributed by atoms with van der Waals surface area (Å²) >= 11 is 5.58. The number of allylic oxidation sites excluding steroid dienone is 1. The molecular weight excluding hydrogens is 285 g/mol. The summed E-state index contributed by atoms with van der Waals surface area (Å²) in [5, 5.41) is 11.4. The zero-order valence-electron chi connectivity index (χ0n) is 11.1. The minimum atomic E-state index is -1.09. The fourth-order valence-electron chi connectivity index (χ4n) is 1.56. The first-order valence-electron chi connectivity index (χ1n) is 5.95. The van der Waals surface area contributed by atoms with E-state index < -0.39 is 23.7 Å². The Bertz CT molecular complexity index is 557. The number of carboxylic acids is 1. The molecule has 0 aliphatic carbocycles. The number of aliphatic carboxylic acids is 1. The fourth-order valence-corrected chi connectivity index (χ4v) is 1.68. The maximum Gasteiger partial charge on any atom is 0.305 e. The molecule has 0 radical (unpaired) electrons. The molecule has 1 atom stereocenters. The lowest BCUT2D eigenvalue weighted by molar-refractivity contribution is -0.137. The second-order valence-corrected chi connectivity index (χ2v) is 4.68. The standard InChI is InChI=1S/C14H15ClFNO3/c1-3-8(2)14(20)17-12(7-13(18)19)9-4-5-10(15)11(16)6-9/h3-6,12H,7H2,1-2H3,(H,17,20)(H,18,19)/b8-3+/t12-/m1/s1. The number of halogens is 2. The van der Waals surface area contributed by atoms with Crippen molar-refractivity contribution >= 4 is 23.5 Å². The van der Waals surface area contributed by atoms with Crippen LogP contribution < -0.4 is 5.32 Å². The van der Waals surface area contributed by atoms with E-state index in [9.17, 15) is 14.0 Å². The lowest BCUT2D eigenvalue weighted by Crippen LogP contribution is -2.30. The summed E-state index contributed by atoms with van der Waals surface area (Å²) in [6.45, 7) is 3.30. The van der Waals surface area contributed by atoms with Gasteiger partial charge in [0.05, 0.1) is 17.5 Å². The summed E-state index contributed by atoms with van der Waals surface area (Å²) in [6.07, 6.45) is 1.26. The molecule has 1 aromatic carbocycles. The predicted molar refractivity (Wildman–Crippen MR) is 74.0 cm³/mol. The first kappa shape index (κ1) is 16.2. The minimum Gasteiger partial charge on any atom is -0.481 e. The molecule has 4 nitrogen and oxygen atoms in total. The lowest BCUT2D eigenvalue weighted by Gasteiger charge is -2.18. The highest BCUT2D eigenvalue weighted by atomic mass is 35.5. The number of carbonyl (C=O) groups excluding carboxylic acids is 1. The van der Waals surface area contributed by atoms with Gasteiger partial charge in [-0.05, 0) is 31.5 Å². The molecule has 0 saturated carbocycles. The molecule has 0 saturated heterocycles. The van der Waals surface area contributed by atoms with Crippen LogP contribution in [0.1, 0.15) is 31.9 Å². The molecule has 0 aromatic heterocycles. The third kappa shape index (κ3) is 4.35. The highest BCUT2D eigenvalue weighted by Gasteiger charge is 2.19. The number of amides is 1. The maximum atomic E-state index is 13.4. The summed E-state index contributed by atoms with van der Waals surface area (Å²) in [5.41, 5.74) is 0.807. The monoisotopic (exact) mass is 299 g/mol. The van der Waals surface area contributed by atoms with Crippen LogP contribution in [0.3, 0.4) is 0 Å². The SMILES string of the molecule is C/C=C(\C)C(=O)N[C@H](CC(=O)O)c1ccc(Cl)c(F)c1. The number of nitrogens with one attached hydrogen (secondary N) is 1. The molecule has 108 valence electrons. The largest absolute Gasteiger partial charge is 0.481 e. The van der Waals surface area contributed by atoms with Crippen LogP contribution in [-0.4, -0.2) is 17.0 Å². The molecule has 0 spiro atoms. The van der Waals surface area contributed by atoms with Gasteiger partial charge in [-0.1, -0.05) is 23.7 Å². The molecule has 0 bridgehead atoms. The van der Waals surface area contributed by atoms with Gasteiger partial charge in [0.15, 0.2) is 0 Å². The summed E-state index contributed by atoms with van der Waals surface area (Å²) in [7, 11) is 0. The summed E-state index contributed by atoms with van der Waals surface area (Å²) < 4.78 is 13.4. The van der Waals surface area contributed by atoms with Gasteiger partial charge in [-0.3, -0.25) is 9.59 Å². The predicted octanol–water partition coefficient (Wildman–Crippen LogP) is 3.08. The molecule has 1 amide bonds. The van der Waals surface area contributed by atoms with E-state index in [1.165, 1.54) is 12.1 Å². The van der Waals surface area contributed by atoms with E-state index in [-0.39, 0.29) is 11.4 Å². The van der Waals surface area contributed by atoms with Gasteiger partial charge < -0.3 is 10.4 Å². The highest BCUT2D eigenvalue weighted by Crippen LogP contribution is 2.22. The quantitative estimate of drug-likeness (QED) is 0.821. The number of hydrogen-bond donors (Lipinski definition) is 2. The Morgan fingerprint density at radius 3 is 2.65 bits per heavy atom. The van der Waals surface area contributed by atoms with E-state index in [0.29, 0.717) is 11.1 Å². The summed E-state index contributed by atoms with van der Waals surface area (Å²) in [5.74, 6) is -2.14. The molecule has 0 heterocycles. The Kier molecular flexibility index (Phi) is 5.70. The Labute approximate surface area is 121 Å². The molecule has 0 unspecified atom stereocenters. The number of carboxylic acid groups (broad SMARTS) is 1. The molecule has 6 heteroatoms. The van der Waals surface area contributed by atoms with Gasteiger partial charge in [-0.15, -0.1) is 0 Å². The van der Waals surface area contributed by atoms with Crippen molar-refractivity contribution in [1.82, 2.24) is 5.32 Å². The van der Waals surface area contributed by atoms with Crippen LogP contribution in [0.4, 0.5) is 4.39 Å². The van der Waals surface area contributed by atoms with Crippen molar-refractivity contribution in [2.75, 3.05) is 0 Å². The van der Waals surface area contributed by atoms with Crippen molar-refractivity contribution in [2.45, 2.75) is 26.3 Å². The average molecular weight is 300 g/mol. The Morgan fingerprint density at radius 2 is 2.15 bits per heavy atom. The number of benzene rings is 1. The van der Waals surface area contributed by atoms with E-state index in [4.69, 9.17) is 16.7 Å². The second-order valence-electron chi connectivity index (χ2n) is 4.27. The molecule has 0 aliphatic rings.